The molecule has 13 aromatic carbocycles. The zero-order valence-corrected chi connectivity index (χ0v) is 43.9. The van der Waals surface area contributed by atoms with E-state index in [1.165, 1.54) is 94.1 Å². The number of rotatable bonds is 10. The van der Waals surface area contributed by atoms with Gasteiger partial charge in [0.15, 0.2) is 0 Å². The number of hydrogen-bond acceptors (Lipinski definition) is 3. The van der Waals surface area contributed by atoms with Gasteiger partial charge in [0.05, 0.1) is 5.69 Å². The van der Waals surface area contributed by atoms with E-state index in [1.807, 2.05) is 0 Å². The monoisotopic (exact) mass is 1020 g/mol. The van der Waals surface area contributed by atoms with E-state index >= 15 is 0 Å². The first-order valence-electron chi connectivity index (χ1n) is 27.6. The molecule has 4 heteroatoms. The Bertz CT molecular complexity index is 4310. The fraction of sp³-hybridized carbons (Fsp3) is 0. The first-order valence-corrected chi connectivity index (χ1v) is 27.6. The molecule has 13 aromatic rings. The Hall–Kier alpha value is -10.4. The van der Waals surface area contributed by atoms with Gasteiger partial charge in [0.1, 0.15) is 0 Å². The van der Waals surface area contributed by atoms with Crippen molar-refractivity contribution in [2.75, 3.05) is 14.6 Å². The maximum Gasteiger partial charge on any atom is 0.333 e. The van der Waals surface area contributed by atoms with Crippen LogP contribution in [0.3, 0.4) is 0 Å². The van der Waals surface area contributed by atoms with E-state index in [0.717, 1.165) is 39.8 Å². The lowest BCUT2D eigenvalue weighted by Gasteiger charge is -2.46. The van der Waals surface area contributed by atoms with Gasteiger partial charge in [-0.05, 0) is 150 Å². The molecule has 0 fully saturated rings. The quantitative estimate of drug-likeness (QED) is 0.126. The Kier molecular flexibility index (Phi) is 11.6. The average Bonchev–Trinajstić information content (AvgIpc) is 2.93. The van der Waals surface area contributed by atoms with Crippen LogP contribution in [-0.4, -0.2) is 6.85 Å². The van der Waals surface area contributed by atoms with E-state index in [0.29, 0.717) is 0 Å². The summed E-state index contributed by atoms with van der Waals surface area (Å²) in [6, 6.07) is 116. The molecule has 0 radical (unpaired) electrons. The Balaban J connectivity index is 1.00. The van der Waals surface area contributed by atoms with Gasteiger partial charge >= 0.3 is 6.85 Å². The molecule has 0 saturated heterocycles. The minimum absolute atomic E-state index is 0.226. The van der Waals surface area contributed by atoms with Gasteiger partial charge in [0, 0.05) is 50.8 Å². The molecule has 0 spiro atoms. The van der Waals surface area contributed by atoms with E-state index < -0.39 is 0 Å². The van der Waals surface area contributed by atoms with Crippen molar-refractivity contribution >= 4 is 74.0 Å². The van der Waals surface area contributed by atoms with Gasteiger partial charge in [0.2, 0.25) is 0 Å². The van der Waals surface area contributed by atoms with Gasteiger partial charge in [-0.2, -0.15) is 0 Å². The molecule has 2 aliphatic rings. The topological polar surface area (TPSA) is 9.72 Å². The second-order valence-corrected chi connectivity index (χ2v) is 20.9. The summed E-state index contributed by atoms with van der Waals surface area (Å²) in [5.41, 5.74) is 25.6. The standard InChI is InChI=1S/C76H52BN3/c1-6-20-53(21-7-1)58-36-41-64(42-37-58)78(65-43-38-59(39-44-65)54-22-8-2-9-23-54)67-45-46-70-71-50-63-30-16-17-35-69(63)76-75(71)77(80(73(70)52-67)68-34-19-32-61(49-68)56-26-12-4-13-27-56)72-47-40-62(57-28-14-5-15-29-57)51-74(72)79(76)66-33-18-31-60(48-66)55-24-10-3-11-25-55/h1-52H. The third-order valence-corrected chi connectivity index (χ3v) is 16.2. The Labute approximate surface area is 468 Å². The normalized spacial score (nSPS) is 12.2. The van der Waals surface area contributed by atoms with Gasteiger partial charge in [0.25, 0.3) is 0 Å². The van der Waals surface area contributed by atoms with Gasteiger partial charge < -0.3 is 14.6 Å². The lowest BCUT2D eigenvalue weighted by atomic mass is 9.43. The maximum absolute atomic E-state index is 2.65. The van der Waals surface area contributed by atoms with Gasteiger partial charge in [-0.25, -0.2) is 0 Å². The van der Waals surface area contributed by atoms with E-state index in [9.17, 15) is 0 Å². The lowest BCUT2D eigenvalue weighted by Crippen LogP contribution is -2.61. The Morgan fingerprint density at radius 2 is 0.700 bits per heavy atom. The fourth-order valence-corrected chi connectivity index (χ4v) is 12.4. The number of hydrogen-bond donors (Lipinski definition) is 0. The summed E-state index contributed by atoms with van der Waals surface area (Å²) in [5.74, 6) is 0. The Morgan fingerprint density at radius 1 is 0.275 bits per heavy atom. The lowest BCUT2D eigenvalue weighted by molar-refractivity contribution is 1.26. The number of fused-ring (bicyclic) bond motifs is 6. The van der Waals surface area contributed by atoms with Crippen molar-refractivity contribution < 1.29 is 0 Å². The highest BCUT2D eigenvalue weighted by molar-refractivity contribution is 6.94. The minimum atomic E-state index is -0.226. The Morgan fingerprint density at radius 3 is 1.25 bits per heavy atom. The zero-order valence-electron chi connectivity index (χ0n) is 43.9. The van der Waals surface area contributed by atoms with Crippen molar-refractivity contribution in [3.05, 3.63) is 315 Å². The van der Waals surface area contributed by atoms with E-state index in [1.54, 1.807) is 0 Å². The van der Waals surface area contributed by atoms with Crippen molar-refractivity contribution in [3.63, 3.8) is 0 Å². The summed E-state index contributed by atoms with van der Waals surface area (Å²) in [5, 5.41) is 2.40. The van der Waals surface area contributed by atoms with Crippen molar-refractivity contribution in [2.45, 2.75) is 0 Å². The van der Waals surface area contributed by atoms with Crippen molar-refractivity contribution in [1.29, 1.82) is 0 Å². The van der Waals surface area contributed by atoms with Crippen LogP contribution in [0.25, 0.3) is 77.5 Å². The molecule has 0 aromatic heterocycles. The van der Waals surface area contributed by atoms with Crippen LogP contribution in [0.4, 0.5) is 45.5 Å². The third-order valence-electron chi connectivity index (χ3n) is 16.2. The van der Waals surface area contributed by atoms with Crippen LogP contribution in [0.2, 0.25) is 0 Å². The fourth-order valence-electron chi connectivity index (χ4n) is 12.4. The van der Waals surface area contributed by atoms with Gasteiger partial charge in [-0.1, -0.05) is 243 Å². The first kappa shape index (κ1) is 46.9. The summed E-state index contributed by atoms with van der Waals surface area (Å²) >= 11 is 0. The molecule has 0 saturated carbocycles. The van der Waals surface area contributed by atoms with Gasteiger partial charge in [-0.3, -0.25) is 0 Å². The van der Waals surface area contributed by atoms with E-state index in [-0.39, 0.29) is 6.85 Å². The molecule has 0 unspecified atom stereocenters. The molecule has 0 aliphatic carbocycles. The maximum atomic E-state index is 2.65. The van der Waals surface area contributed by atoms with E-state index in [2.05, 4.69) is 330 Å². The smallest absolute Gasteiger partial charge is 0.333 e. The molecule has 15 rings (SSSR count). The first-order chi connectivity index (χ1) is 39.7. The molecule has 0 bridgehead atoms. The summed E-state index contributed by atoms with van der Waals surface area (Å²) in [6.07, 6.45) is 0. The highest BCUT2D eigenvalue weighted by Crippen LogP contribution is 2.52. The summed E-state index contributed by atoms with van der Waals surface area (Å²) in [4.78, 5) is 7.65. The molecular weight excluding hydrogens is 966 g/mol. The predicted octanol–water partition coefficient (Wildman–Crippen LogP) is 19.4. The highest BCUT2D eigenvalue weighted by atomic mass is 15.2. The molecule has 2 heterocycles. The van der Waals surface area contributed by atoms with Crippen LogP contribution in [0.15, 0.2) is 315 Å². The number of anilines is 8. The van der Waals surface area contributed by atoms with Crippen LogP contribution in [0.5, 0.6) is 0 Å². The molecule has 0 N–H and O–H groups in total. The molecular formula is C76H52BN3. The van der Waals surface area contributed by atoms with Gasteiger partial charge in [-0.15, -0.1) is 0 Å². The summed E-state index contributed by atoms with van der Waals surface area (Å²) < 4.78 is 0. The SMILES string of the molecule is c1ccc(-c2ccc(N(c3ccc(-c4ccccc4)cc3)c3ccc4c(c3)N(c3cccc(-c5ccccc5)c3)B3c5ccc(-c6ccccc6)cc5N(c5cccc(-c6ccccc6)c5)c5c3c-4cc3ccccc53)cc2)cc1. The third kappa shape index (κ3) is 8.25. The van der Waals surface area contributed by atoms with Crippen LogP contribution in [0, 0.1) is 0 Å². The number of nitrogens with zero attached hydrogens (tertiary/aromatic N) is 3. The van der Waals surface area contributed by atoms with Crippen molar-refractivity contribution in [2.24, 2.45) is 0 Å². The van der Waals surface area contributed by atoms with Crippen LogP contribution < -0.4 is 25.5 Å². The summed E-state index contributed by atoms with van der Waals surface area (Å²) in [7, 11) is 0. The number of benzene rings is 13. The molecule has 374 valence electrons. The highest BCUT2D eigenvalue weighted by Gasteiger charge is 2.46. The molecule has 3 nitrogen and oxygen atoms in total. The molecule has 0 amide bonds. The predicted molar refractivity (Wildman–Crippen MR) is 340 cm³/mol. The molecule has 80 heavy (non-hydrogen) atoms. The van der Waals surface area contributed by atoms with Crippen LogP contribution >= 0.6 is 0 Å². The molecule has 2 aliphatic heterocycles. The zero-order chi connectivity index (χ0) is 52.9. The minimum Gasteiger partial charge on any atom is -0.376 e. The second-order valence-electron chi connectivity index (χ2n) is 20.9. The van der Waals surface area contributed by atoms with Crippen molar-refractivity contribution in [1.82, 2.24) is 0 Å². The van der Waals surface area contributed by atoms with Crippen molar-refractivity contribution in [3.8, 4) is 66.8 Å². The van der Waals surface area contributed by atoms with Crippen LogP contribution in [-0.2, 0) is 0 Å². The van der Waals surface area contributed by atoms with E-state index in [4.69, 9.17) is 0 Å². The summed E-state index contributed by atoms with van der Waals surface area (Å²) in [6.45, 7) is -0.226. The largest absolute Gasteiger partial charge is 0.376 e. The van der Waals surface area contributed by atoms with Crippen LogP contribution in [0.1, 0.15) is 0 Å². The average molecular weight is 1020 g/mol. The molecule has 0 atom stereocenters. The second kappa shape index (κ2) is 19.9.